The summed E-state index contributed by atoms with van der Waals surface area (Å²) in [5, 5.41) is 3.51. The van der Waals surface area contributed by atoms with Crippen molar-refractivity contribution in [3.05, 3.63) is 29.8 Å². The molecule has 0 radical (unpaired) electrons. The van der Waals surface area contributed by atoms with E-state index in [0.29, 0.717) is 0 Å². The molecule has 1 saturated carbocycles. The standard InChI is InChI=1S/C16H21N/c1-3-14-7-5-9-16(11-14)17-12-15-8-4-6-13(2)10-15/h1,5,7,9,11,13,15,17H,4,6,8,10,12H2,2H3. The minimum absolute atomic E-state index is 0.827. The second kappa shape index (κ2) is 5.77. The van der Waals surface area contributed by atoms with Crippen molar-refractivity contribution in [1.82, 2.24) is 0 Å². The molecule has 0 heterocycles. The third-order valence-electron chi connectivity index (χ3n) is 3.67. The molecule has 90 valence electrons. The summed E-state index contributed by atoms with van der Waals surface area (Å²) in [5.74, 6) is 4.40. The number of rotatable bonds is 3. The molecule has 1 aliphatic rings. The molecule has 1 aromatic rings. The Balaban J connectivity index is 1.87. The van der Waals surface area contributed by atoms with E-state index >= 15 is 0 Å². The van der Waals surface area contributed by atoms with Crippen molar-refractivity contribution < 1.29 is 0 Å². The Labute approximate surface area is 105 Å². The molecule has 0 saturated heterocycles. The first-order valence-corrected chi connectivity index (χ1v) is 6.58. The number of terminal acetylenes is 1. The van der Waals surface area contributed by atoms with E-state index in [4.69, 9.17) is 6.42 Å². The highest BCUT2D eigenvalue weighted by atomic mass is 14.9. The summed E-state index contributed by atoms with van der Waals surface area (Å²) in [5.41, 5.74) is 2.10. The SMILES string of the molecule is C#Cc1cccc(NCC2CCCC(C)C2)c1. The van der Waals surface area contributed by atoms with Crippen LogP contribution in [0.25, 0.3) is 0 Å². The van der Waals surface area contributed by atoms with E-state index in [2.05, 4.69) is 24.2 Å². The predicted molar refractivity (Wildman–Crippen MR) is 74.0 cm³/mol. The summed E-state index contributed by atoms with van der Waals surface area (Å²) < 4.78 is 0. The van der Waals surface area contributed by atoms with Crippen LogP contribution in [0.3, 0.4) is 0 Å². The maximum atomic E-state index is 5.40. The summed E-state index contributed by atoms with van der Waals surface area (Å²) in [7, 11) is 0. The van der Waals surface area contributed by atoms with E-state index in [1.54, 1.807) is 0 Å². The maximum Gasteiger partial charge on any atom is 0.0352 e. The molecule has 2 atom stereocenters. The van der Waals surface area contributed by atoms with Crippen molar-refractivity contribution in [2.75, 3.05) is 11.9 Å². The molecular weight excluding hydrogens is 206 g/mol. The van der Waals surface area contributed by atoms with Gasteiger partial charge in [-0.25, -0.2) is 0 Å². The molecule has 0 spiro atoms. The summed E-state index contributed by atoms with van der Waals surface area (Å²) in [4.78, 5) is 0. The summed E-state index contributed by atoms with van der Waals surface area (Å²) in [6.07, 6.45) is 10.9. The van der Waals surface area contributed by atoms with Crippen molar-refractivity contribution in [3.63, 3.8) is 0 Å². The van der Waals surface area contributed by atoms with Crippen LogP contribution in [0.1, 0.15) is 38.2 Å². The van der Waals surface area contributed by atoms with Gasteiger partial charge in [0.1, 0.15) is 0 Å². The topological polar surface area (TPSA) is 12.0 Å². The predicted octanol–water partition coefficient (Wildman–Crippen LogP) is 3.91. The summed E-state index contributed by atoms with van der Waals surface area (Å²) in [6, 6.07) is 8.12. The van der Waals surface area contributed by atoms with Crippen molar-refractivity contribution in [2.24, 2.45) is 11.8 Å². The largest absolute Gasteiger partial charge is 0.385 e. The lowest BCUT2D eigenvalue weighted by molar-refractivity contribution is 0.293. The molecule has 0 bridgehead atoms. The van der Waals surface area contributed by atoms with Crippen molar-refractivity contribution >= 4 is 5.69 Å². The number of nitrogens with one attached hydrogen (secondary N) is 1. The fourth-order valence-corrected chi connectivity index (χ4v) is 2.73. The van der Waals surface area contributed by atoms with Gasteiger partial charge in [0.15, 0.2) is 0 Å². The van der Waals surface area contributed by atoms with Gasteiger partial charge in [0.25, 0.3) is 0 Å². The van der Waals surface area contributed by atoms with Crippen LogP contribution < -0.4 is 5.32 Å². The first kappa shape index (κ1) is 12.0. The zero-order valence-corrected chi connectivity index (χ0v) is 10.6. The first-order chi connectivity index (χ1) is 8.28. The van der Waals surface area contributed by atoms with Crippen molar-refractivity contribution in [1.29, 1.82) is 0 Å². The number of benzene rings is 1. The number of hydrogen-bond acceptors (Lipinski definition) is 1. The van der Waals surface area contributed by atoms with Crippen LogP contribution >= 0.6 is 0 Å². The van der Waals surface area contributed by atoms with Gasteiger partial charge in [-0.05, 0) is 42.9 Å². The normalized spacial score (nSPS) is 24.0. The highest BCUT2D eigenvalue weighted by molar-refractivity contribution is 5.49. The van der Waals surface area contributed by atoms with Gasteiger partial charge in [-0.2, -0.15) is 0 Å². The monoisotopic (exact) mass is 227 g/mol. The molecule has 2 unspecified atom stereocenters. The molecule has 1 N–H and O–H groups in total. The Bertz CT molecular complexity index is 402. The van der Waals surface area contributed by atoms with E-state index in [9.17, 15) is 0 Å². The lowest BCUT2D eigenvalue weighted by Crippen LogP contribution is -2.20. The average Bonchev–Trinajstić information content (AvgIpc) is 2.37. The lowest BCUT2D eigenvalue weighted by atomic mass is 9.82. The smallest absolute Gasteiger partial charge is 0.0352 e. The Morgan fingerprint density at radius 2 is 2.29 bits per heavy atom. The zero-order chi connectivity index (χ0) is 12.1. The second-order valence-electron chi connectivity index (χ2n) is 5.24. The fourth-order valence-electron chi connectivity index (χ4n) is 2.73. The van der Waals surface area contributed by atoms with E-state index in [1.807, 2.05) is 18.2 Å². The van der Waals surface area contributed by atoms with Gasteiger partial charge in [0.05, 0.1) is 0 Å². The highest BCUT2D eigenvalue weighted by Gasteiger charge is 2.18. The Morgan fingerprint density at radius 1 is 1.41 bits per heavy atom. The summed E-state index contributed by atoms with van der Waals surface area (Å²) >= 11 is 0. The van der Waals surface area contributed by atoms with Crippen LogP contribution in [0.15, 0.2) is 24.3 Å². The molecular formula is C16H21N. The Morgan fingerprint density at radius 3 is 3.06 bits per heavy atom. The zero-order valence-electron chi connectivity index (χ0n) is 10.6. The van der Waals surface area contributed by atoms with E-state index < -0.39 is 0 Å². The quantitative estimate of drug-likeness (QED) is 0.772. The first-order valence-electron chi connectivity index (χ1n) is 6.58. The van der Waals surface area contributed by atoms with E-state index in [-0.39, 0.29) is 0 Å². The van der Waals surface area contributed by atoms with E-state index in [1.165, 1.54) is 25.7 Å². The molecule has 0 aliphatic heterocycles. The number of anilines is 1. The van der Waals surface area contributed by atoms with Gasteiger partial charge in [-0.1, -0.05) is 31.8 Å². The van der Waals surface area contributed by atoms with Crippen LogP contribution in [0.2, 0.25) is 0 Å². The van der Waals surface area contributed by atoms with Gasteiger partial charge >= 0.3 is 0 Å². The molecule has 1 aliphatic carbocycles. The lowest BCUT2D eigenvalue weighted by Gasteiger charge is -2.27. The molecule has 0 aromatic heterocycles. The minimum Gasteiger partial charge on any atom is -0.385 e. The van der Waals surface area contributed by atoms with Gasteiger partial charge in [0, 0.05) is 17.8 Å². The third kappa shape index (κ3) is 3.53. The fraction of sp³-hybridized carbons (Fsp3) is 0.500. The van der Waals surface area contributed by atoms with Crippen LogP contribution in [-0.4, -0.2) is 6.54 Å². The maximum absolute atomic E-state index is 5.40. The van der Waals surface area contributed by atoms with Crippen LogP contribution in [0.5, 0.6) is 0 Å². The summed E-state index contributed by atoms with van der Waals surface area (Å²) in [6.45, 7) is 3.45. The number of hydrogen-bond donors (Lipinski definition) is 1. The van der Waals surface area contributed by atoms with E-state index in [0.717, 1.165) is 29.6 Å². The Hall–Kier alpha value is -1.42. The molecule has 1 nitrogen and oxygen atoms in total. The highest BCUT2D eigenvalue weighted by Crippen LogP contribution is 2.28. The minimum atomic E-state index is 0.827. The molecule has 1 aromatic carbocycles. The van der Waals surface area contributed by atoms with Gasteiger partial charge < -0.3 is 5.32 Å². The molecule has 1 heteroatoms. The third-order valence-corrected chi connectivity index (χ3v) is 3.67. The van der Waals surface area contributed by atoms with Gasteiger partial charge in [-0.15, -0.1) is 6.42 Å². The molecule has 1 fully saturated rings. The van der Waals surface area contributed by atoms with Crippen LogP contribution in [-0.2, 0) is 0 Å². The van der Waals surface area contributed by atoms with Crippen LogP contribution in [0, 0.1) is 24.2 Å². The molecule has 17 heavy (non-hydrogen) atoms. The van der Waals surface area contributed by atoms with Crippen molar-refractivity contribution in [3.8, 4) is 12.3 Å². The second-order valence-corrected chi connectivity index (χ2v) is 5.24. The molecule has 0 amide bonds. The Kier molecular flexibility index (Phi) is 4.09. The average molecular weight is 227 g/mol. The molecule has 2 rings (SSSR count). The van der Waals surface area contributed by atoms with Crippen molar-refractivity contribution in [2.45, 2.75) is 32.6 Å². The van der Waals surface area contributed by atoms with Gasteiger partial charge in [0.2, 0.25) is 0 Å². The van der Waals surface area contributed by atoms with Gasteiger partial charge in [-0.3, -0.25) is 0 Å². The van der Waals surface area contributed by atoms with Crippen LogP contribution in [0.4, 0.5) is 5.69 Å².